The zero-order valence-electron chi connectivity index (χ0n) is 19.1. The smallest absolute Gasteiger partial charge is 0.346 e. The minimum atomic E-state index is -0.362. The first-order valence-electron chi connectivity index (χ1n) is 11.1. The molecule has 5 aromatic rings. The second kappa shape index (κ2) is 9.97. The molecular formula is C29H23N3O3. The number of nitrogens with zero attached hydrogens (tertiary/aromatic N) is 2. The Morgan fingerprint density at radius 3 is 1.97 bits per heavy atom. The number of ether oxygens (including phenoxy) is 2. The second-order valence-electron chi connectivity index (χ2n) is 7.80. The van der Waals surface area contributed by atoms with E-state index in [0.717, 1.165) is 28.2 Å². The number of anilines is 1. The molecule has 0 unspecified atom stereocenters. The van der Waals surface area contributed by atoms with Crippen LogP contribution in [0.5, 0.6) is 17.2 Å². The summed E-state index contributed by atoms with van der Waals surface area (Å²) in [6.45, 7) is 0. The van der Waals surface area contributed by atoms with Crippen molar-refractivity contribution in [1.82, 2.24) is 9.78 Å². The molecule has 172 valence electrons. The molecule has 0 saturated heterocycles. The maximum Gasteiger partial charge on any atom is 0.346 e. The molecule has 5 rings (SSSR count). The van der Waals surface area contributed by atoms with E-state index in [9.17, 15) is 4.79 Å². The molecule has 0 aliphatic carbocycles. The molecule has 0 aliphatic rings. The number of aromatic nitrogens is 2. The van der Waals surface area contributed by atoms with Gasteiger partial charge in [0, 0.05) is 23.0 Å². The normalized spacial score (nSPS) is 10.5. The summed E-state index contributed by atoms with van der Waals surface area (Å²) in [6.07, 6.45) is 1.75. The van der Waals surface area contributed by atoms with Crippen molar-refractivity contribution >= 4 is 11.7 Å². The van der Waals surface area contributed by atoms with E-state index in [1.54, 1.807) is 25.4 Å². The molecule has 1 amide bonds. The number of amides is 1. The summed E-state index contributed by atoms with van der Waals surface area (Å²) in [6, 6.07) is 33.9. The molecule has 0 saturated carbocycles. The van der Waals surface area contributed by atoms with E-state index in [1.807, 2.05) is 97.1 Å². The number of rotatable bonds is 6. The standard InChI is InChI=1S/C29H23N3O3/c1-34-24-16-12-22(13-17-24)28-27(21-8-4-2-5-9-21)20-32(31-28)29(33)30-23-14-18-26(19-15-23)35-25-10-6-3-7-11-25/h2-20H,1H3,(H,30,33). The summed E-state index contributed by atoms with van der Waals surface area (Å²) in [5.74, 6) is 2.19. The fourth-order valence-corrected chi connectivity index (χ4v) is 3.68. The summed E-state index contributed by atoms with van der Waals surface area (Å²) in [4.78, 5) is 13.1. The van der Waals surface area contributed by atoms with E-state index >= 15 is 0 Å². The number of carbonyl (C=O) groups excluding carboxylic acids is 1. The van der Waals surface area contributed by atoms with Gasteiger partial charge < -0.3 is 14.8 Å². The molecule has 0 spiro atoms. The number of para-hydroxylation sites is 1. The van der Waals surface area contributed by atoms with E-state index in [-0.39, 0.29) is 6.03 Å². The van der Waals surface area contributed by atoms with Gasteiger partial charge in [0.2, 0.25) is 0 Å². The zero-order valence-corrected chi connectivity index (χ0v) is 19.1. The lowest BCUT2D eigenvalue weighted by molar-refractivity contribution is 0.251. The first kappa shape index (κ1) is 22.0. The van der Waals surface area contributed by atoms with Crippen LogP contribution in [-0.2, 0) is 0 Å². The molecule has 0 atom stereocenters. The van der Waals surface area contributed by atoms with Gasteiger partial charge in [-0.05, 0) is 66.2 Å². The Bertz CT molecular complexity index is 1410. The van der Waals surface area contributed by atoms with Crippen LogP contribution in [0.25, 0.3) is 22.4 Å². The van der Waals surface area contributed by atoms with E-state index < -0.39 is 0 Å². The number of hydrogen-bond donors (Lipinski definition) is 1. The number of methoxy groups -OCH3 is 1. The van der Waals surface area contributed by atoms with Crippen molar-refractivity contribution in [2.24, 2.45) is 0 Å². The minimum Gasteiger partial charge on any atom is -0.497 e. The van der Waals surface area contributed by atoms with Gasteiger partial charge in [-0.3, -0.25) is 0 Å². The van der Waals surface area contributed by atoms with E-state index in [4.69, 9.17) is 9.47 Å². The SMILES string of the molecule is COc1ccc(-c2nn(C(=O)Nc3ccc(Oc4ccccc4)cc3)cc2-c2ccccc2)cc1. The molecule has 0 fully saturated rings. The topological polar surface area (TPSA) is 65.4 Å². The van der Waals surface area contributed by atoms with Gasteiger partial charge in [-0.2, -0.15) is 9.78 Å². The van der Waals surface area contributed by atoms with Crippen molar-refractivity contribution in [3.05, 3.63) is 115 Å². The predicted molar refractivity (Wildman–Crippen MR) is 137 cm³/mol. The summed E-state index contributed by atoms with van der Waals surface area (Å²) in [5, 5.41) is 7.52. The summed E-state index contributed by atoms with van der Waals surface area (Å²) < 4.78 is 12.4. The number of hydrogen-bond acceptors (Lipinski definition) is 4. The molecule has 6 nitrogen and oxygen atoms in total. The van der Waals surface area contributed by atoms with E-state index in [2.05, 4.69) is 10.4 Å². The predicted octanol–water partition coefficient (Wildman–Crippen LogP) is 7.10. The zero-order chi connectivity index (χ0) is 24.0. The van der Waals surface area contributed by atoms with Crippen LogP contribution in [0.4, 0.5) is 10.5 Å². The third kappa shape index (κ3) is 5.07. The van der Waals surface area contributed by atoms with Gasteiger partial charge in [-0.1, -0.05) is 48.5 Å². The van der Waals surface area contributed by atoms with Crippen molar-refractivity contribution < 1.29 is 14.3 Å². The highest BCUT2D eigenvalue weighted by molar-refractivity contribution is 5.92. The summed E-state index contributed by atoms with van der Waals surface area (Å²) in [7, 11) is 1.63. The molecule has 1 aromatic heterocycles. The molecule has 4 aromatic carbocycles. The molecule has 0 aliphatic heterocycles. The molecule has 1 heterocycles. The van der Waals surface area contributed by atoms with Gasteiger partial charge in [0.1, 0.15) is 22.9 Å². The van der Waals surface area contributed by atoms with Gasteiger partial charge in [-0.15, -0.1) is 0 Å². The Hall–Kier alpha value is -4.84. The van der Waals surface area contributed by atoms with Gasteiger partial charge in [-0.25, -0.2) is 4.79 Å². The third-order valence-corrected chi connectivity index (χ3v) is 5.46. The molecule has 6 heteroatoms. The average molecular weight is 462 g/mol. The highest BCUT2D eigenvalue weighted by Crippen LogP contribution is 2.32. The van der Waals surface area contributed by atoms with Crippen LogP contribution >= 0.6 is 0 Å². The van der Waals surface area contributed by atoms with Crippen molar-refractivity contribution in [3.8, 4) is 39.6 Å². The fraction of sp³-hybridized carbons (Fsp3) is 0.0345. The molecule has 0 bridgehead atoms. The van der Waals surface area contributed by atoms with Gasteiger partial charge in [0.25, 0.3) is 0 Å². The van der Waals surface area contributed by atoms with Crippen molar-refractivity contribution in [2.45, 2.75) is 0 Å². The van der Waals surface area contributed by atoms with Gasteiger partial charge >= 0.3 is 6.03 Å². The monoisotopic (exact) mass is 461 g/mol. The van der Waals surface area contributed by atoms with Crippen LogP contribution in [0.15, 0.2) is 115 Å². The summed E-state index contributed by atoms with van der Waals surface area (Å²) >= 11 is 0. The lowest BCUT2D eigenvalue weighted by Crippen LogP contribution is -2.19. The minimum absolute atomic E-state index is 0.362. The van der Waals surface area contributed by atoms with Crippen LogP contribution in [-0.4, -0.2) is 22.9 Å². The largest absolute Gasteiger partial charge is 0.497 e. The maximum absolute atomic E-state index is 13.1. The number of nitrogens with one attached hydrogen (secondary N) is 1. The maximum atomic E-state index is 13.1. The Labute approximate surface area is 203 Å². The van der Waals surface area contributed by atoms with Crippen LogP contribution in [0, 0.1) is 0 Å². The average Bonchev–Trinajstić information content (AvgIpc) is 3.37. The van der Waals surface area contributed by atoms with Gasteiger partial charge in [0.15, 0.2) is 0 Å². The van der Waals surface area contributed by atoms with Crippen LogP contribution < -0.4 is 14.8 Å². The second-order valence-corrected chi connectivity index (χ2v) is 7.80. The van der Waals surface area contributed by atoms with Gasteiger partial charge in [0.05, 0.1) is 7.11 Å². The highest BCUT2D eigenvalue weighted by atomic mass is 16.5. The molecule has 1 N–H and O–H groups in total. The first-order chi connectivity index (χ1) is 17.2. The molecule has 0 radical (unpaired) electrons. The highest BCUT2D eigenvalue weighted by Gasteiger charge is 2.17. The van der Waals surface area contributed by atoms with Crippen LogP contribution in [0.1, 0.15) is 0 Å². The number of benzene rings is 4. The third-order valence-electron chi connectivity index (χ3n) is 5.46. The first-order valence-corrected chi connectivity index (χ1v) is 11.1. The lowest BCUT2D eigenvalue weighted by atomic mass is 10.0. The molecule has 35 heavy (non-hydrogen) atoms. The Morgan fingerprint density at radius 1 is 0.714 bits per heavy atom. The van der Waals surface area contributed by atoms with Crippen molar-refractivity contribution in [1.29, 1.82) is 0 Å². The quantitative estimate of drug-likeness (QED) is 0.293. The lowest BCUT2D eigenvalue weighted by Gasteiger charge is -2.08. The Balaban J connectivity index is 1.39. The fourth-order valence-electron chi connectivity index (χ4n) is 3.68. The van der Waals surface area contributed by atoms with E-state index in [1.165, 1.54) is 4.68 Å². The number of carbonyl (C=O) groups is 1. The van der Waals surface area contributed by atoms with Crippen molar-refractivity contribution in [3.63, 3.8) is 0 Å². The van der Waals surface area contributed by atoms with Crippen LogP contribution in [0.3, 0.4) is 0 Å². The Kier molecular flexibility index (Phi) is 6.26. The molecular weight excluding hydrogens is 438 g/mol. The Morgan fingerprint density at radius 2 is 1.31 bits per heavy atom. The van der Waals surface area contributed by atoms with E-state index in [0.29, 0.717) is 17.1 Å². The van der Waals surface area contributed by atoms with Crippen LogP contribution in [0.2, 0.25) is 0 Å². The summed E-state index contributed by atoms with van der Waals surface area (Å²) in [5.41, 5.74) is 4.06. The van der Waals surface area contributed by atoms with Crippen molar-refractivity contribution in [2.75, 3.05) is 12.4 Å².